The number of carboxylic acids is 1. The van der Waals surface area contributed by atoms with E-state index in [1.165, 1.54) is 6.92 Å². The molecule has 0 bridgehead atoms. The van der Waals surface area contributed by atoms with Gasteiger partial charge in [-0.05, 0) is 88.3 Å². The second-order valence-electron chi connectivity index (χ2n) is 13.5. The van der Waals surface area contributed by atoms with Crippen LogP contribution in [0.2, 0.25) is 0 Å². The molecule has 0 saturated carbocycles. The minimum atomic E-state index is -1.56. The Hall–Kier alpha value is -7.65. The van der Waals surface area contributed by atoms with Gasteiger partial charge in [0.1, 0.15) is 16.9 Å². The number of carboxylic acid groups (broad SMARTS) is 1. The highest BCUT2D eigenvalue weighted by atomic mass is 16.4. The fourth-order valence-corrected chi connectivity index (χ4v) is 7.60. The molecule has 276 valence electrons. The van der Waals surface area contributed by atoms with Crippen molar-refractivity contribution >= 4 is 67.4 Å². The first-order valence-corrected chi connectivity index (χ1v) is 17.6. The summed E-state index contributed by atoms with van der Waals surface area (Å²) in [7, 11) is 0. The number of phenols is 4. The molecule has 56 heavy (non-hydrogen) atoms. The highest BCUT2D eigenvalue weighted by molar-refractivity contribution is 6.22. The van der Waals surface area contributed by atoms with Gasteiger partial charge >= 0.3 is 5.97 Å². The molecule has 0 spiro atoms. The Morgan fingerprint density at radius 1 is 0.607 bits per heavy atom. The van der Waals surface area contributed by atoms with Crippen LogP contribution in [-0.2, 0) is 0 Å². The van der Waals surface area contributed by atoms with E-state index in [2.05, 4.69) is 6.58 Å². The molecule has 0 saturated heterocycles. The van der Waals surface area contributed by atoms with Gasteiger partial charge in [-0.1, -0.05) is 91.5 Å². The number of aliphatic hydroxyl groups is 2. The second kappa shape index (κ2) is 13.3. The SMILES string of the molecule is C=Cc1ccc(-c2ccc(-c3c(C(=O)O)c(/C(O)=C(\C)O)c(-c4ccc5oc6cc7ccccc7cc6c5c4)c4c(O)c(O)c(O)c(O)c34)cc2)cc1/C=C\C. The van der Waals surface area contributed by atoms with E-state index in [-0.39, 0.29) is 33.0 Å². The summed E-state index contributed by atoms with van der Waals surface area (Å²) in [6.45, 7) is 6.97. The maximum atomic E-state index is 13.5. The third kappa shape index (κ3) is 5.44. The number of phenolic OH excluding ortho intramolecular Hbond substituents is 4. The number of aromatic hydroxyl groups is 4. The zero-order valence-electron chi connectivity index (χ0n) is 30.1. The molecule has 9 nitrogen and oxygen atoms in total. The third-order valence-electron chi connectivity index (χ3n) is 10.2. The maximum absolute atomic E-state index is 13.5. The Bertz CT molecular complexity index is 3030. The molecule has 0 radical (unpaired) electrons. The van der Waals surface area contributed by atoms with Crippen molar-refractivity contribution in [2.24, 2.45) is 0 Å². The lowest BCUT2D eigenvalue weighted by Gasteiger charge is -2.23. The zero-order valence-corrected chi connectivity index (χ0v) is 30.1. The van der Waals surface area contributed by atoms with Gasteiger partial charge in [0.15, 0.2) is 17.3 Å². The van der Waals surface area contributed by atoms with Crippen LogP contribution in [0.3, 0.4) is 0 Å². The lowest BCUT2D eigenvalue weighted by atomic mass is 9.81. The number of fused-ring (bicyclic) bond motifs is 5. The van der Waals surface area contributed by atoms with Gasteiger partial charge in [0.25, 0.3) is 0 Å². The van der Waals surface area contributed by atoms with E-state index >= 15 is 0 Å². The zero-order chi connectivity index (χ0) is 39.6. The standard InChI is InChI=1S/C47H34O9/c1-4-8-27-19-30(16-11-24(27)5-2)25-12-14-26(15-13-25)36-38-39(44(51)46(53)45(52)43(38)50)37(40(41(36)47(54)55)42(49)23(3)48)31-17-18-34-32(21-31)33-20-28-9-6-7-10-29(28)22-35(33)56-34/h4-22,48-53H,2H2,1,3H3,(H,54,55)/b8-4-,42-23-. The van der Waals surface area contributed by atoms with E-state index in [0.29, 0.717) is 16.6 Å². The van der Waals surface area contributed by atoms with E-state index in [1.54, 1.807) is 48.5 Å². The van der Waals surface area contributed by atoms with E-state index < -0.39 is 51.6 Å². The van der Waals surface area contributed by atoms with Gasteiger partial charge in [0.2, 0.25) is 11.5 Å². The van der Waals surface area contributed by atoms with Crippen LogP contribution in [-0.4, -0.2) is 41.7 Å². The first kappa shape index (κ1) is 35.4. The van der Waals surface area contributed by atoms with Crippen LogP contribution in [0, 0.1) is 0 Å². The van der Waals surface area contributed by atoms with Crippen molar-refractivity contribution < 1.29 is 45.0 Å². The van der Waals surface area contributed by atoms with Gasteiger partial charge < -0.3 is 40.2 Å². The van der Waals surface area contributed by atoms with E-state index in [1.807, 2.05) is 73.7 Å². The van der Waals surface area contributed by atoms with E-state index in [9.17, 15) is 40.5 Å². The van der Waals surface area contributed by atoms with Gasteiger partial charge in [0, 0.05) is 38.2 Å². The van der Waals surface area contributed by atoms with Crippen LogP contribution in [0.15, 0.2) is 120 Å². The molecule has 0 amide bonds. The Morgan fingerprint density at radius 2 is 1.18 bits per heavy atom. The Morgan fingerprint density at radius 3 is 1.79 bits per heavy atom. The number of carbonyl (C=O) groups is 1. The van der Waals surface area contributed by atoms with Crippen molar-refractivity contribution in [3.05, 3.63) is 138 Å². The average molecular weight is 743 g/mol. The number of rotatable bonds is 7. The molecule has 8 rings (SSSR count). The summed E-state index contributed by atoms with van der Waals surface area (Å²) in [6, 6.07) is 29.0. The Labute approximate surface area is 319 Å². The van der Waals surface area contributed by atoms with Crippen LogP contribution in [0.1, 0.15) is 40.9 Å². The number of hydrogen-bond donors (Lipinski definition) is 7. The molecule has 0 aliphatic rings. The van der Waals surface area contributed by atoms with Crippen LogP contribution in [0.5, 0.6) is 23.0 Å². The monoisotopic (exact) mass is 742 g/mol. The summed E-state index contributed by atoms with van der Waals surface area (Å²) in [5, 5.41) is 81.1. The fraction of sp³-hybridized carbons (Fsp3) is 0.0426. The highest BCUT2D eigenvalue weighted by Gasteiger charge is 2.34. The lowest BCUT2D eigenvalue weighted by molar-refractivity contribution is 0.0697. The summed E-state index contributed by atoms with van der Waals surface area (Å²) in [4.78, 5) is 13.5. The van der Waals surface area contributed by atoms with Crippen molar-refractivity contribution in [2.45, 2.75) is 13.8 Å². The van der Waals surface area contributed by atoms with Crippen LogP contribution >= 0.6 is 0 Å². The Balaban J connectivity index is 1.47. The molecular weight excluding hydrogens is 709 g/mol. The predicted octanol–water partition coefficient (Wildman–Crippen LogP) is 11.9. The van der Waals surface area contributed by atoms with Gasteiger partial charge in [-0.2, -0.15) is 0 Å². The number of hydrogen-bond acceptors (Lipinski definition) is 8. The summed E-state index contributed by atoms with van der Waals surface area (Å²) < 4.78 is 6.18. The summed E-state index contributed by atoms with van der Waals surface area (Å²) in [5.41, 5.74) is 3.69. The molecule has 7 N–H and O–H groups in total. The molecule has 0 fully saturated rings. The van der Waals surface area contributed by atoms with Crippen molar-refractivity contribution in [3.63, 3.8) is 0 Å². The number of furan rings is 1. The summed E-state index contributed by atoms with van der Waals surface area (Å²) >= 11 is 0. The third-order valence-corrected chi connectivity index (χ3v) is 10.2. The second-order valence-corrected chi connectivity index (χ2v) is 13.5. The molecule has 1 heterocycles. The minimum absolute atomic E-state index is 0.150. The van der Waals surface area contributed by atoms with E-state index in [0.717, 1.165) is 38.4 Å². The first-order valence-electron chi connectivity index (χ1n) is 17.6. The van der Waals surface area contributed by atoms with Crippen molar-refractivity contribution in [2.75, 3.05) is 0 Å². The minimum Gasteiger partial charge on any atom is -0.509 e. The summed E-state index contributed by atoms with van der Waals surface area (Å²) in [5.74, 6) is -6.98. The van der Waals surface area contributed by atoms with Gasteiger partial charge in [0.05, 0.1) is 5.56 Å². The van der Waals surface area contributed by atoms with Crippen LogP contribution in [0.25, 0.3) is 94.8 Å². The van der Waals surface area contributed by atoms with Crippen molar-refractivity contribution in [1.29, 1.82) is 0 Å². The van der Waals surface area contributed by atoms with Crippen molar-refractivity contribution in [1.82, 2.24) is 0 Å². The molecule has 0 aliphatic heterocycles. The molecule has 0 aliphatic carbocycles. The molecule has 7 aromatic carbocycles. The number of aliphatic hydroxyl groups excluding tert-OH is 2. The van der Waals surface area contributed by atoms with Gasteiger partial charge in [-0.25, -0.2) is 4.79 Å². The molecule has 0 unspecified atom stereocenters. The smallest absolute Gasteiger partial charge is 0.337 e. The number of benzene rings is 7. The van der Waals surface area contributed by atoms with Gasteiger partial charge in [-0.3, -0.25) is 0 Å². The van der Waals surface area contributed by atoms with Crippen LogP contribution in [0.4, 0.5) is 0 Å². The lowest BCUT2D eigenvalue weighted by Crippen LogP contribution is -2.09. The molecule has 9 heteroatoms. The van der Waals surface area contributed by atoms with Crippen molar-refractivity contribution in [3.8, 4) is 56.4 Å². The number of allylic oxidation sites excluding steroid dienone is 2. The average Bonchev–Trinajstić information content (AvgIpc) is 3.56. The maximum Gasteiger partial charge on any atom is 0.337 e. The quantitative estimate of drug-likeness (QED) is 0.0476. The van der Waals surface area contributed by atoms with Crippen LogP contribution < -0.4 is 0 Å². The molecule has 0 atom stereocenters. The molecule has 1 aromatic heterocycles. The normalized spacial score (nSPS) is 12.2. The number of aromatic carboxylic acids is 1. The Kier molecular flexibility index (Phi) is 8.42. The first-order chi connectivity index (χ1) is 26.9. The largest absolute Gasteiger partial charge is 0.509 e. The summed E-state index contributed by atoms with van der Waals surface area (Å²) in [6.07, 6.45) is 5.63. The van der Waals surface area contributed by atoms with E-state index in [4.69, 9.17) is 4.42 Å². The predicted molar refractivity (Wildman–Crippen MR) is 221 cm³/mol. The molecular formula is C47H34O9. The topological polar surface area (TPSA) is 172 Å². The fourth-order valence-electron chi connectivity index (χ4n) is 7.60. The highest BCUT2D eigenvalue weighted by Crippen LogP contribution is 2.57. The van der Waals surface area contributed by atoms with Gasteiger partial charge in [-0.15, -0.1) is 0 Å². The molecule has 8 aromatic rings.